The largest absolute Gasteiger partial charge is 0.333 e. The molecule has 0 radical (unpaired) electrons. The molecule has 1 N–H and O–H groups in total. The second kappa shape index (κ2) is 5.34. The fourth-order valence-electron chi connectivity index (χ4n) is 1.12. The lowest BCUT2D eigenvalue weighted by Gasteiger charge is -2.26. The summed E-state index contributed by atoms with van der Waals surface area (Å²) in [5.74, 6) is -0.575. The van der Waals surface area contributed by atoms with E-state index in [0.29, 0.717) is 0 Å². The van der Waals surface area contributed by atoms with Crippen molar-refractivity contribution in [1.82, 2.24) is 9.69 Å². The molecule has 1 aromatic rings. The van der Waals surface area contributed by atoms with Crippen molar-refractivity contribution in [2.45, 2.75) is 26.3 Å². The topological polar surface area (TPSA) is 89.6 Å². The summed E-state index contributed by atoms with van der Waals surface area (Å²) in [4.78, 5) is 12.1. The Morgan fingerprint density at radius 1 is 1.56 bits per heavy atom. The molecule has 0 saturated carbocycles. The zero-order valence-corrected chi connectivity index (χ0v) is 11.7. The van der Waals surface area contributed by atoms with Crippen LogP contribution in [0.2, 0.25) is 5.15 Å². The highest BCUT2D eigenvalue weighted by atomic mass is 35.5. The molecule has 94 valence electrons. The summed E-state index contributed by atoms with van der Waals surface area (Å²) in [5, 5.41) is 20.6. The summed E-state index contributed by atoms with van der Waals surface area (Å²) in [7, 11) is 0. The molecule has 0 aliphatic rings. The Morgan fingerprint density at radius 3 is 2.61 bits per heavy atom. The Labute approximate surface area is 114 Å². The predicted molar refractivity (Wildman–Crippen MR) is 68.2 cm³/mol. The van der Waals surface area contributed by atoms with Crippen LogP contribution in [-0.4, -0.2) is 15.8 Å². The highest BCUT2D eigenvalue weighted by molar-refractivity contribution is 7.08. The third-order valence-corrected chi connectivity index (χ3v) is 3.95. The number of amides is 1. The Morgan fingerprint density at radius 2 is 2.17 bits per heavy atom. The molecule has 5 nitrogen and oxygen atoms in total. The molecule has 1 rings (SSSR count). The minimum Gasteiger partial charge on any atom is -0.333 e. The average molecular weight is 283 g/mol. The maximum atomic E-state index is 12.0. The van der Waals surface area contributed by atoms with E-state index in [9.17, 15) is 4.79 Å². The van der Waals surface area contributed by atoms with Gasteiger partial charge in [-0.2, -0.15) is 14.9 Å². The van der Waals surface area contributed by atoms with Gasteiger partial charge in [-0.05, 0) is 24.4 Å². The number of hydrogen-bond donors (Lipinski definition) is 1. The number of hydrogen-bond acceptors (Lipinski definition) is 5. The minimum atomic E-state index is -1.000. The summed E-state index contributed by atoms with van der Waals surface area (Å²) in [6.45, 7) is 5.28. The fourth-order valence-corrected chi connectivity index (χ4v) is 2.04. The maximum Gasteiger partial charge on any atom is 0.265 e. The van der Waals surface area contributed by atoms with Gasteiger partial charge in [0.2, 0.25) is 0 Å². The van der Waals surface area contributed by atoms with Crippen molar-refractivity contribution in [3.63, 3.8) is 0 Å². The van der Waals surface area contributed by atoms with Crippen molar-refractivity contribution in [1.29, 1.82) is 10.5 Å². The van der Waals surface area contributed by atoms with Crippen molar-refractivity contribution >= 4 is 29.0 Å². The molecular formula is C11H11ClN4OS. The number of aromatic nitrogens is 1. The van der Waals surface area contributed by atoms with Gasteiger partial charge in [0.25, 0.3) is 5.91 Å². The molecule has 0 bridgehead atoms. The summed E-state index contributed by atoms with van der Waals surface area (Å²) in [6.07, 6.45) is 0. The van der Waals surface area contributed by atoms with E-state index >= 15 is 0 Å². The molecule has 0 spiro atoms. The number of carbonyl (C=O) groups is 1. The van der Waals surface area contributed by atoms with E-state index in [2.05, 4.69) is 15.8 Å². The molecule has 0 aliphatic heterocycles. The molecule has 0 saturated heterocycles. The fraction of sp³-hybridized carbons (Fsp3) is 0.455. The summed E-state index contributed by atoms with van der Waals surface area (Å²) in [6, 6.07) is 3.89. The summed E-state index contributed by atoms with van der Waals surface area (Å²) in [5.41, 5.74) is -0.955. The Balaban J connectivity index is 3.04. The predicted octanol–water partition coefficient (Wildman–Crippen LogP) is 2.34. The quantitative estimate of drug-likeness (QED) is 0.921. The molecule has 1 heterocycles. The number of nitrogens with one attached hydrogen (secondary N) is 1. The van der Waals surface area contributed by atoms with Gasteiger partial charge in [0, 0.05) is 0 Å². The van der Waals surface area contributed by atoms with E-state index in [1.807, 2.05) is 19.9 Å². The van der Waals surface area contributed by atoms with Crippen LogP contribution in [-0.2, 0) is 0 Å². The molecule has 0 fully saturated rings. The van der Waals surface area contributed by atoms with Gasteiger partial charge >= 0.3 is 0 Å². The van der Waals surface area contributed by atoms with E-state index in [1.165, 1.54) is 0 Å². The zero-order valence-electron chi connectivity index (χ0n) is 10.1. The number of carbonyl (C=O) groups excluding carboxylic acids is 1. The molecule has 1 unspecified atom stereocenters. The van der Waals surface area contributed by atoms with Crippen molar-refractivity contribution in [3.05, 3.63) is 15.6 Å². The van der Waals surface area contributed by atoms with E-state index in [4.69, 9.17) is 22.1 Å². The Kier molecular flexibility index (Phi) is 4.28. The van der Waals surface area contributed by atoms with Crippen LogP contribution < -0.4 is 5.32 Å². The van der Waals surface area contributed by atoms with Gasteiger partial charge in [-0.25, -0.2) is 0 Å². The molecular weight excluding hydrogens is 272 g/mol. The van der Waals surface area contributed by atoms with E-state index in [0.717, 1.165) is 11.5 Å². The van der Waals surface area contributed by atoms with Crippen LogP contribution in [0.4, 0.5) is 0 Å². The highest BCUT2D eigenvalue weighted by Gasteiger charge is 2.32. The third kappa shape index (κ3) is 2.61. The lowest BCUT2D eigenvalue weighted by molar-refractivity contribution is 0.0912. The van der Waals surface area contributed by atoms with E-state index in [-0.39, 0.29) is 21.5 Å². The molecule has 1 amide bonds. The first kappa shape index (κ1) is 14.4. The van der Waals surface area contributed by atoms with Gasteiger partial charge in [0.1, 0.15) is 22.0 Å². The van der Waals surface area contributed by atoms with Crippen LogP contribution in [0.25, 0.3) is 0 Å². The van der Waals surface area contributed by atoms with Gasteiger partial charge in [-0.1, -0.05) is 25.4 Å². The van der Waals surface area contributed by atoms with E-state index < -0.39 is 11.4 Å². The van der Waals surface area contributed by atoms with Crippen molar-refractivity contribution < 1.29 is 4.79 Å². The Bertz CT molecular complexity index is 554. The first-order valence-corrected chi connectivity index (χ1v) is 6.30. The standard InChI is InChI=1S/C11H11ClN4OS/c1-6(2)11(3,5-14)15-10(17)8-7(4-13)9(12)16-18-8/h6H,1-3H3,(H,15,17). The number of rotatable bonds is 3. The van der Waals surface area contributed by atoms with Crippen LogP contribution in [0, 0.1) is 28.6 Å². The van der Waals surface area contributed by atoms with Crippen molar-refractivity contribution in [3.8, 4) is 12.1 Å². The molecule has 18 heavy (non-hydrogen) atoms. The second-order valence-electron chi connectivity index (χ2n) is 4.21. The zero-order chi connectivity index (χ0) is 13.9. The van der Waals surface area contributed by atoms with Crippen molar-refractivity contribution in [2.24, 2.45) is 5.92 Å². The highest BCUT2D eigenvalue weighted by Crippen LogP contribution is 2.24. The first-order chi connectivity index (χ1) is 8.35. The number of nitriles is 2. The van der Waals surface area contributed by atoms with Gasteiger partial charge in [-0.3, -0.25) is 4.79 Å². The van der Waals surface area contributed by atoms with Gasteiger partial charge in [0.15, 0.2) is 5.15 Å². The molecule has 7 heteroatoms. The Hall–Kier alpha value is -1.63. The van der Waals surface area contributed by atoms with Crippen LogP contribution in [0.5, 0.6) is 0 Å². The lowest BCUT2D eigenvalue weighted by atomic mass is 9.90. The smallest absolute Gasteiger partial charge is 0.265 e. The molecule has 0 aliphatic carbocycles. The molecule has 1 aromatic heterocycles. The second-order valence-corrected chi connectivity index (χ2v) is 5.34. The van der Waals surface area contributed by atoms with Gasteiger partial charge in [0.05, 0.1) is 6.07 Å². The molecule has 1 atom stereocenters. The lowest BCUT2D eigenvalue weighted by Crippen LogP contribution is -2.48. The SMILES string of the molecule is CC(C)C(C)(C#N)NC(=O)c1snc(Cl)c1C#N. The van der Waals surface area contributed by atoms with Crippen LogP contribution in [0.1, 0.15) is 36.0 Å². The summed E-state index contributed by atoms with van der Waals surface area (Å²) >= 11 is 6.53. The van der Waals surface area contributed by atoms with Gasteiger partial charge < -0.3 is 5.32 Å². The third-order valence-electron chi connectivity index (χ3n) is 2.73. The summed E-state index contributed by atoms with van der Waals surface area (Å²) < 4.78 is 3.75. The minimum absolute atomic E-state index is 0.0101. The van der Waals surface area contributed by atoms with Crippen molar-refractivity contribution in [2.75, 3.05) is 0 Å². The number of nitrogens with zero attached hydrogens (tertiary/aromatic N) is 3. The normalized spacial score (nSPS) is 13.5. The van der Waals surface area contributed by atoms with Crippen LogP contribution in [0.15, 0.2) is 0 Å². The maximum absolute atomic E-state index is 12.0. The monoisotopic (exact) mass is 282 g/mol. The van der Waals surface area contributed by atoms with Crippen LogP contribution >= 0.6 is 23.1 Å². The molecule has 0 aromatic carbocycles. The average Bonchev–Trinajstić information content (AvgIpc) is 2.69. The van der Waals surface area contributed by atoms with Crippen LogP contribution in [0.3, 0.4) is 0 Å². The number of halogens is 1. The first-order valence-electron chi connectivity index (χ1n) is 5.14. The van der Waals surface area contributed by atoms with E-state index in [1.54, 1.807) is 6.92 Å². The van der Waals surface area contributed by atoms with Gasteiger partial charge in [-0.15, -0.1) is 0 Å².